The first-order valence-corrected chi connectivity index (χ1v) is 7.06. The number of hydrogen-bond donors (Lipinski definition) is 1. The molecule has 0 saturated carbocycles. The maximum Gasteiger partial charge on any atom is 0.247 e. The summed E-state index contributed by atoms with van der Waals surface area (Å²) in [4.78, 5) is 2.27. The van der Waals surface area contributed by atoms with Crippen molar-refractivity contribution in [2.24, 2.45) is 5.92 Å². The molecule has 1 atom stereocenters. The molecule has 1 N–H and O–H groups in total. The molecule has 3 rings (SSSR count). The van der Waals surface area contributed by atoms with Gasteiger partial charge in [-0.1, -0.05) is 18.2 Å². The Morgan fingerprint density at radius 2 is 2.10 bits per heavy atom. The second-order valence-electron chi connectivity index (χ2n) is 5.29. The summed E-state index contributed by atoms with van der Waals surface area (Å²) in [5.41, 5.74) is 0.943. The van der Waals surface area contributed by atoms with E-state index in [2.05, 4.69) is 15.1 Å². The van der Waals surface area contributed by atoms with Gasteiger partial charge in [0.25, 0.3) is 0 Å². The van der Waals surface area contributed by atoms with Crippen LogP contribution in [0.2, 0.25) is 0 Å². The molecule has 1 aromatic carbocycles. The van der Waals surface area contributed by atoms with Gasteiger partial charge in [0.1, 0.15) is 0 Å². The Morgan fingerprint density at radius 1 is 1.25 bits per heavy atom. The van der Waals surface area contributed by atoms with Crippen LogP contribution in [0.15, 0.2) is 34.7 Å². The Labute approximate surface area is 118 Å². The van der Waals surface area contributed by atoms with Crippen molar-refractivity contribution in [2.75, 3.05) is 19.7 Å². The minimum atomic E-state index is 0.260. The first kappa shape index (κ1) is 13.3. The van der Waals surface area contributed by atoms with E-state index in [1.54, 1.807) is 0 Å². The highest BCUT2D eigenvalue weighted by molar-refractivity contribution is 5.51. The fraction of sp³-hybridized carbons (Fsp3) is 0.467. The van der Waals surface area contributed by atoms with E-state index < -0.39 is 0 Å². The molecular formula is C15H19N3O2. The van der Waals surface area contributed by atoms with Crippen LogP contribution in [-0.4, -0.2) is 39.9 Å². The molecule has 1 aromatic heterocycles. The SMILES string of the molecule is OCC1CCCN(Cc2nnc(-c3ccccc3)o2)C1. The Morgan fingerprint density at radius 3 is 2.90 bits per heavy atom. The van der Waals surface area contributed by atoms with Gasteiger partial charge < -0.3 is 9.52 Å². The maximum absolute atomic E-state index is 9.25. The summed E-state index contributed by atoms with van der Waals surface area (Å²) in [7, 11) is 0. The molecular weight excluding hydrogens is 254 g/mol. The van der Waals surface area contributed by atoms with Crippen LogP contribution in [-0.2, 0) is 6.54 Å². The number of hydrogen-bond acceptors (Lipinski definition) is 5. The van der Waals surface area contributed by atoms with Crippen molar-refractivity contribution in [2.45, 2.75) is 19.4 Å². The van der Waals surface area contributed by atoms with Gasteiger partial charge >= 0.3 is 0 Å². The lowest BCUT2D eigenvalue weighted by Crippen LogP contribution is -2.36. The van der Waals surface area contributed by atoms with E-state index in [1.165, 1.54) is 0 Å². The lowest BCUT2D eigenvalue weighted by atomic mass is 9.99. The number of likely N-dealkylation sites (tertiary alicyclic amines) is 1. The maximum atomic E-state index is 9.25. The lowest BCUT2D eigenvalue weighted by molar-refractivity contribution is 0.109. The van der Waals surface area contributed by atoms with Crippen LogP contribution >= 0.6 is 0 Å². The zero-order chi connectivity index (χ0) is 13.8. The van der Waals surface area contributed by atoms with E-state index in [-0.39, 0.29) is 6.61 Å². The molecule has 1 saturated heterocycles. The van der Waals surface area contributed by atoms with Gasteiger partial charge in [0, 0.05) is 18.7 Å². The smallest absolute Gasteiger partial charge is 0.247 e. The van der Waals surface area contributed by atoms with Crippen LogP contribution in [0.3, 0.4) is 0 Å². The van der Waals surface area contributed by atoms with E-state index in [9.17, 15) is 5.11 Å². The second-order valence-corrected chi connectivity index (χ2v) is 5.29. The van der Waals surface area contributed by atoms with Crippen LogP contribution in [0, 0.1) is 5.92 Å². The summed E-state index contributed by atoms with van der Waals surface area (Å²) in [6.07, 6.45) is 2.22. The Balaban J connectivity index is 1.65. The third-order valence-electron chi connectivity index (χ3n) is 3.71. The van der Waals surface area contributed by atoms with E-state index in [1.807, 2.05) is 30.3 Å². The topological polar surface area (TPSA) is 62.4 Å². The minimum Gasteiger partial charge on any atom is -0.419 e. The van der Waals surface area contributed by atoms with Gasteiger partial charge in [0.2, 0.25) is 11.8 Å². The van der Waals surface area contributed by atoms with E-state index >= 15 is 0 Å². The monoisotopic (exact) mass is 273 g/mol. The summed E-state index contributed by atoms with van der Waals surface area (Å²) in [6.45, 7) is 2.85. The molecule has 1 fully saturated rings. The standard InChI is InChI=1S/C15H19N3O2/c19-11-12-5-4-8-18(9-12)10-14-16-17-15(20-14)13-6-2-1-3-7-13/h1-3,6-7,12,19H,4-5,8-11H2. The van der Waals surface area contributed by atoms with Gasteiger partial charge in [-0.05, 0) is 37.4 Å². The summed E-state index contributed by atoms with van der Waals surface area (Å²) in [5, 5.41) is 17.5. The Bertz CT molecular complexity index is 541. The minimum absolute atomic E-state index is 0.260. The second kappa shape index (κ2) is 6.15. The number of aliphatic hydroxyl groups is 1. The van der Waals surface area contributed by atoms with E-state index in [4.69, 9.17) is 4.42 Å². The highest BCUT2D eigenvalue weighted by Gasteiger charge is 2.21. The Kier molecular flexibility index (Phi) is 4.08. The predicted octanol–water partition coefficient (Wildman–Crippen LogP) is 1.94. The van der Waals surface area contributed by atoms with Crippen LogP contribution in [0.1, 0.15) is 18.7 Å². The molecule has 1 aliphatic rings. The van der Waals surface area contributed by atoms with Crippen LogP contribution in [0.4, 0.5) is 0 Å². The van der Waals surface area contributed by atoms with Crippen LogP contribution in [0.5, 0.6) is 0 Å². The Hall–Kier alpha value is -1.72. The lowest BCUT2D eigenvalue weighted by Gasteiger charge is -2.30. The summed E-state index contributed by atoms with van der Waals surface area (Å²) in [6, 6.07) is 9.79. The molecule has 0 aliphatic carbocycles. The van der Waals surface area contributed by atoms with Gasteiger partial charge in [-0.3, -0.25) is 4.90 Å². The number of aliphatic hydroxyl groups excluding tert-OH is 1. The molecule has 5 nitrogen and oxygen atoms in total. The molecule has 106 valence electrons. The van der Waals surface area contributed by atoms with Gasteiger partial charge in [0.15, 0.2) is 0 Å². The van der Waals surface area contributed by atoms with Crippen molar-refractivity contribution >= 4 is 0 Å². The first-order chi connectivity index (χ1) is 9.85. The largest absolute Gasteiger partial charge is 0.419 e. The first-order valence-electron chi connectivity index (χ1n) is 7.06. The number of benzene rings is 1. The van der Waals surface area contributed by atoms with Crippen molar-refractivity contribution in [3.05, 3.63) is 36.2 Å². The summed E-state index contributed by atoms with van der Waals surface area (Å²) >= 11 is 0. The molecule has 0 spiro atoms. The zero-order valence-corrected chi connectivity index (χ0v) is 11.4. The quantitative estimate of drug-likeness (QED) is 0.922. The number of rotatable bonds is 4. The van der Waals surface area contributed by atoms with E-state index in [0.29, 0.717) is 24.2 Å². The molecule has 5 heteroatoms. The molecule has 0 radical (unpaired) electrons. The third-order valence-corrected chi connectivity index (χ3v) is 3.71. The third kappa shape index (κ3) is 3.05. The highest BCUT2D eigenvalue weighted by Crippen LogP contribution is 2.20. The molecule has 20 heavy (non-hydrogen) atoms. The van der Waals surface area contributed by atoms with Crippen LogP contribution in [0.25, 0.3) is 11.5 Å². The van der Waals surface area contributed by atoms with Gasteiger partial charge in [-0.2, -0.15) is 0 Å². The fourth-order valence-electron chi connectivity index (χ4n) is 2.65. The van der Waals surface area contributed by atoms with Crippen molar-refractivity contribution < 1.29 is 9.52 Å². The van der Waals surface area contributed by atoms with Crippen molar-refractivity contribution in [1.82, 2.24) is 15.1 Å². The molecule has 1 aliphatic heterocycles. The molecule has 2 aromatic rings. The highest BCUT2D eigenvalue weighted by atomic mass is 16.4. The van der Waals surface area contributed by atoms with Crippen molar-refractivity contribution in [3.63, 3.8) is 0 Å². The van der Waals surface area contributed by atoms with Crippen LogP contribution < -0.4 is 0 Å². The average Bonchev–Trinajstić information content (AvgIpc) is 2.97. The fourth-order valence-corrected chi connectivity index (χ4v) is 2.65. The average molecular weight is 273 g/mol. The number of piperidine rings is 1. The molecule has 0 bridgehead atoms. The van der Waals surface area contributed by atoms with E-state index in [0.717, 1.165) is 31.5 Å². The normalized spacial score (nSPS) is 20.1. The summed E-state index contributed by atoms with van der Waals surface area (Å²) < 4.78 is 5.71. The van der Waals surface area contributed by atoms with Gasteiger partial charge in [0.05, 0.1) is 6.54 Å². The van der Waals surface area contributed by atoms with Crippen molar-refractivity contribution in [1.29, 1.82) is 0 Å². The predicted molar refractivity (Wildman–Crippen MR) is 74.8 cm³/mol. The number of aromatic nitrogens is 2. The zero-order valence-electron chi connectivity index (χ0n) is 11.4. The van der Waals surface area contributed by atoms with Gasteiger partial charge in [-0.25, -0.2) is 0 Å². The van der Waals surface area contributed by atoms with Gasteiger partial charge in [-0.15, -0.1) is 10.2 Å². The summed E-state index contributed by atoms with van der Waals surface area (Å²) in [5.74, 6) is 1.58. The van der Waals surface area contributed by atoms with Crippen molar-refractivity contribution in [3.8, 4) is 11.5 Å². The number of nitrogens with zero attached hydrogens (tertiary/aromatic N) is 3. The molecule has 2 heterocycles. The molecule has 0 amide bonds. The molecule has 1 unspecified atom stereocenters.